The Labute approximate surface area is 162 Å². The fourth-order valence-corrected chi connectivity index (χ4v) is 6.23. The minimum atomic E-state index is -0.0491. The van der Waals surface area contributed by atoms with E-state index in [0.29, 0.717) is 23.1 Å². The highest BCUT2D eigenvalue weighted by Gasteiger charge is 2.53. The number of ether oxygens (including phenoxy) is 1. The Morgan fingerprint density at radius 2 is 1.63 bits per heavy atom. The summed E-state index contributed by atoms with van der Waals surface area (Å²) in [5.74, 6) is 3.35. The lowest BCUT2D eigenvalue weighted by molar-refractivity contribution is -0.127. The van der Waals surface area contributed by atoms with E-state index in [4.69, 9.17) is 4.74 Å². The van der Waals surface area contributed by atoms with Gasteiger partial charge in [-0.05, 0) is 92.9 Å². The van der Waals surface area contributed by atoms with Crippen LogP contribution in [0.4, 0.5) is 0 Å². The Bertz CT molecular complexity index is 674. The van der Waals surface area contributed by atoms with Crippen LogP contribution >= 0.6 is 0 Å². The molecule has 1 unspecified atom stereocenters. The van der Waals surface area contributed by atoms with Crippen LogP contribution in [0.15, 0.2) is 24.3 Å². The molecule has 0 aromatic heterocycles. The van der Waals surface area contributed by atoms with E-state index < -0.39 is 0 Å². The third kappa shape index (κ3) is 3.76. The molecule has 0 spiro atoms. The Hall–Kier alpha value is -1.84. The Balaban J connectivity index is 1.30. The molecule has 0 radical (unpaired) electrons. The van der Waals surface area contributed by atoms with Gasteiger partial charge in [-0.1, -0.05) is 6.92 Å². The van der Waals surface area contributed by atoms with Crippen molar-refractivity contribution in [1.82, 2.24) is 5.32 Å². The van der Waals surface area contributed by atoms with Crippen LogP contribution in [0.2, 0.25) is 0 Å². The Kier molecular flexibility index (Phi) is 5.00. The summed E-state index contributed by atoms with van der Waals surface area (Å²) in [6.45, 7) is 4.07. The minimum absolute atomic E-state index is 0.0256. The molecule has 0 aliphatic heterocycles. The van der Waals surface area contributed by atoms with Crippen LogP contribution in [0, 0.1) is 23.2 Å². The summed E-state index contributed by atoms with van der Waals surface area (Å²) in [4.78, 5) is 24.1. The lowest BCUT2D eigenvalue weighted by Crippen LogP contribution is -2.56. The van der Waals surface area contributed by atoms with Crippen molar-refractivity contribution in [2.75, 3.05) is 6.61 Å². The van der Waals surface area contributed by atoms with E-state index >= 15 is 0 Å². The van der Waals surface area contributed by atoms with Gasteiger partial charge in [-0.2, -0.15) is 0 Å². The molecule has 4 bridgehead atoms. The predicted octanol–water partition coefficient (Wildman–Crippen LogP) is 4.38. The van der Waals surface area contributed by atoms with Gasteiger partial charge in [-0.15, -0.1) is 0 Å². The topological polar surface area (TPSA) is 55.4 Å². The first kappa shape index (κ1) is 18.5. The molecule has 1 aromatic carbocycles. The molecule has 4 aliphatic carbocycles. The van der Waals surface area contributed by atoms with Crippen molar-refractivity contribution in [2.24, 2.45) is 23.2 Å². The first-order valence-corrected chi connectivity index (χ1v) is 10.5. The van der Waals surface area contributed by atoms with Crippen molar-refractivity contribution in [1.29, 1.82) is 0 Å². The van der Waals surface area contributed by atoms with Crippen molar-refractivity contribution < 1.29 is 14.3 Å². The molecule has 1 aromatic rings. The minimum Gasteiger partial charge on any atom is -0.484 e. The zero-order chi connectivity index (χ0) is 19.0. The molecule has 27 heavy (non-hydrogen) atoms. The molecule has 1 amide bonds. The van der Waals surface area contributed by atoms with Gasteiger partial charge in [0, 0.05) is 18.0 Å². The smallest absolute Gasteiger partial charge is 0.258 e. The number of hydrogen-bond acceptors (Lipinski definition) is 3. The number of rotatable bonds is 7. The first-order valence-electron chi connectivity index (χ1n) is 10.5. The number of carbonyl (C=O) groups excluding carboxylic acids is 2. The number of hydrogen-bond donors (Lipinski definition) is 1. The second-order valence-electron chi connectivity index (χ2n) is 9.16. The van der Waals surface area contributed by atoms with E-state index in [-0.39, 0.29) is 24.3 Å². The van der Waals surface area contributed by atoms with Gasteiger partial charge in [0.1, 0.15) is 5.75 Å². The van der Waals surface area contributed by atoms with Crippen LogP contribution in [-0.2, 0) is 4.79 Å². The molecule has 0 saturated heterocycles. The highest BCUT2D eigenvalue weighted by molar-refractivity contribution is 5.95. The molecule has 1 atom stereocenters. The molecule has 4 heteroatoms. The average Bonchev–Trinajstić information content (AvgIpc) is 2.65. The van der Waals surface area contributed by atoms with Gasteiger partial charge < -0.3 is 10.1 Å². The average molecular weight is 370 g/mol. The molecule has 4 fully saturated rings. The van der Waals surface area contributed by atoms with Crippen molar-refractivity contribution in [3.05, 3.63) is 29.8 Å². The molecule has 4 aliphatic rings. The fourth-order valence-electron chi connectivity index (χ4n) is 6.23. The van der Waals surface area contributed by atoms with Crippen LogP contribution in [0.5, 0.6) is 5.75 Å². The third-order valence-corrected chi connectivity index (χ3v) is 7.25. The number of carbonyl (C=O) groups is 2. The number of nitrogens with one attached hydrogen (secondary N) is 1. The van der Waals surface area contributed by atoms with Gasteiger partial charge in [-0.25, -0.2) is 0 Å². The zero-order valence-corrected chi connectivity index (χ0v) is 16.5. The molecule has 0 heterocycles. The van der Waals surface area contributed by atoms with Gasteiger partial charge in [0.05, 0.1) is 0 Å². The molecular weight excluding hydrogens is 338 g/mol. The lowest BCUT2D eigenvalue weighted by Gasteiger charge is -2.59. The largest absolute Gasteiger partial charge is 0.484 e. The second kappa shape index (κ2) is 7.29. The van der Waals surface area contributed by atoms with E-state index in [9.17, 15) is 9.59 Å². The Morgan fingerprint density at radius 3 is 2.15 bits per heavy atom. The maximum Gasteiger partial charge on any atom is 0.258 e. The van der Waals surface area contributed by atoms with Gasteiger partial charge in [0.15, 0.2) is 12.4 Å². The molecule has 146 valence electrons. The van der Waals surface area contributed by atoms with Crippen LogP contribution in [0.3, 0.4) is 0 Å². The predicted molar refractivity (Wildman–Crippen MR) is 105 cm³/mol. The third-order valence-electron chi connectivity index (χ3n) is 7.25. The highest BCUT2D eigenvalue weighted by atomic mass is 16.5. The quantitative estimate of drug-likeness (QED) is 0.726. The number of amides is 1. The Morgan fingerprint density at radius 1 is 1.07 bits per heavy atom. The summed E-state index contributed by atoms with van der Waals surface area (Å²) in [5, 5.41) is 3.23. The van der Waals surface area contributed by atoms with Crippen molar-refractivity contribution in [3.63, 3.8) is 0 Å². The maximum absolute atomic E-state index is 12.5. The van der Waals surface area contributed by atoms with Gasteiger partial charge in [0.2, 0.25) is 0 Å². The maximum atomic E-state index is 12.5. The number of Topliss-reactive ketones (excluding diaryl/α,β-unsaturated/α-hetero) is 1. The highest BCUT2D eigenvalue weighted by Crippen LogP contribution is 2.61. The van der Waals surface area contributed by atoms with Gasteiger partial charge >= 0.3 is 0 Å². The van der Waals surface area contributed by atoms with Crippen molar-refractivity contribution >= 4 is 11.7 Å². The molecule has 5 rings (SSSR count). The second-order valence-corrected chi connectivity index (χ2v) is 9.16. The van der Waals surface area contributed by atoms with E-state index in [1.165, 1.54) is 38.5 Å². The monoisotopic (exact) mass is 369 g/mol. The first-order chi connectivity index (χ1) is 13.0. The van der Waals surface area contributed by atoms with Crippen LogP contribution in [-0.4, -0.2) is 24.3 Å². The van der Waals surface area contributed by atoms with Crippen LogP contribution in [0.25, 0.3) is 0 Å². The number of benzene rings is 1. The molecule has 4 nitrogen and oxygen atoms in total. The summed E-state index contributed by atoms with van der Waals surface area (Å²) < 4.78 is 5.63. The van der Waals surface area contributed by atoms with Gasteiger partial charge in [0.25, 0.3) is 5.91 Å². The summed E-state index contributed by atoms with van der Waals surface area (Å²) in [5.41, 5.74) is 0.997. The summed E-state index contributed by atoms with van der Waals surface area (Å²) in [6.07, 6.45) is 8.60. The summed E-state index contributed by atoms with van der Waals surface area (Å²) in [7, 11) is 0. The lowest BCUT2D eigenvalue weighted by atomic mass is 9.48. The fraction of sp³-hybridized carbons (Fsp3) is 0.652. The molecular formula is C23H31NO3. The standard InChI is InChI=1S/C23H31NO3/c1-3-21(25)19-4-6-20(7-5-19)27-14-22(26)24-15(2)23-11-16-8-17(12-23)10-18(9-16)13-23/h4-7,15-18H,3,8-14H2,1-2H3,(H,24,26). The van der Waals surface area contributed by atoms with E-state index in [1.807, 2.05) is 6.92 Å². The van der Waals surface area contributed by atoms with Crippen LogP contribution < -0.4 is 10.1 Å². The summed E-state index contributed by atoms with van der Waals surface area (Å²) in [6, 6.07) is 7.26. The number of ketones is 1. The van der Waals surface area contributed by atoms with E-state index in [2.05, 4.69) is 12.2 Å². The summed E-state index contributed by atoms with van der Waals surface area (Å²) >= 11 is 0. The normalized spacial score (nSPS) is 32.1. The van der Waals surface area contributed by atoms with Crippen molar-refractivity contribution in [3.8, 4) is 5.75 Å². The zero-order valence-electron chi connectivity index (χ0n) is 16.5. The van der Waals surface area contributed by atoms with Crippen molar-refractivity contribution in [2.45, 2.75) is 64.8 Å². The van der Waals surface area contributed by atoms with E-state index in [1.54, 1.807) is 24.3 Å². The molecule has 4 saturated carbocycles. The van der Waals surface area contributed by atoms with Gasteiger partial charge in [-0.3, -0.25) is 9.59 Å². The van der Waals surface area contributed by atoms with Crippen LogP contribution in [0.1, 0.15) is 69.2 Å². The van der Waals surface area contributed by atoms with E-state index in [0.717, 1.165) is 17.8 Å². The SMILES string of the molecule is CCC(=O)c1ccc(OCC(=O)NC(C)C23CC4CC(CC(C4)C2)C3)cc1. The molecule has 1 N–H and O–H groups in total.